The molecule has 100 valence electrons. The number of rotatable bonds is 4. The molecular weight excluding hydrogens is 283 g/mol. The van der Waals surface area contributed by atoms with Gasteiger partial charge in [0, 0.05) is 6.61 Å². The molecule has 1 aromatic rings. The maximum Gasteiger partial charge on any atom is 1.00 e. The van der Waals surface area contributed by atoms with Crippen LogP contribution in [0.5, 0.6) is 5.75 Å². The van der Waals surface area contributed by atoms with Gasteiger partial charge in [-0.05, 0) is 31.4 Å². The van der Waals surface area contributed by atoms with E-state index in [4.69, 9.17) is 9.47 Å². The van der Waals surface area contributed by atoms with Crippen molar-refractivity contribution in [2.75, 3.05) is 13.2 Å². The van der Waals surface area contributed by atoms with Crippen LogP contribution in [0.15, 0.2) is 18.2 Å². The molecule has 1 aliphatic rings. The maximum absolute atomic E-state index is 12.5. The van der Waals surface area contributed by atoms with Crippen molar-refractivity contribution in [2.45, 2.75) is 25.9 Å². The number of benzene rings is 1. The topological polar surface area (TPSA) is 18.5 Å². The summed E-state index contributed by atoms with van der Waals surface area (Å²) in [5, 5.41) is 0. The molecule has 1 unspecified atom stereocenters. The Bertz CT molecular complexity index is 420. The Labute approximate surface area is 153 Å². The van der Waals surface area contributed by atoms with Crippen LogP contribution in [0.2, 0.25) is 0 Å². The molecule has 1 atom stereocenters. The summed E-state index contributed by atoms with van der Waals surface area (Å²) >= 11 is 0. The molecule has 0 aromatic heterocycles. The predicted molar refractivity (Wildman–Crippen MR) is 64.4 cm³/mol. The van der Waals surface area contributed by atoms with E-state index in [-0.39, 0.29) is 57.5 Å². The van der Waals surface area contributed by atoms with Crippen LogP contribution in [0.25, 0.3) is 0 Å². The zero-order valence-electron chi connectivity index (χ0n) is 11.2. The molecule has 0 spiro atoms. The standard InChI is InChI=1S/C12H15BF3O2.K/c1-9-7-10(13(14,15)16)4-5-12(9)18-8-11-3-2-6-17-11;/h4-5,7,11H,2-3,6,8H2,1H3;/q-1;+1. The van der Waals surface area contributed by atoms with E-state index in [2.05, 4.69) is 0 Å². The van der Waals surface area contributed by atoms with Crippen LogP contribution in [0, 0.1) is 6.92 Å². The van der Waals surface area contributed by atoms with E-state index in [1.165, 1.54) is 6.07 Å². The molecule has 1 saturated heterocycles. The van der Waals surface area contributed by atoms with Gasteiger partial charge in [-0.1, -0.05) is 12.1 Å². The number of halogens is 3. The molecule has 0 N–H and O–H groups in total. The Morgan fingerprint density at radius 3 is 2.63 bits per heavy atom. The van der Waals surface area contributed by atoms with Crippen LogP contribution in [0.3, 0.4) is 0 Å². The van der Waals surface area contributed by atoms with E-state index in [0.29, 0.717) is 17.9 Å². The van der Waals surface area contributed by atoms with Gasteiger partial charge in [-0.15, -0.1) is 5.46 Å². The van der Waals surface area contributed by atoms with E-state index in [1.807, 2.05) is 0 Å². The van der Waals surface area contributed by atoms with Crippen molar-refractivity contribution in [3.05, 3.63) is 23.8 Å². The molecule has 19 heavy (non-hydrogen) atoms. The molecular formula is C12H15BF3KO2. The summed E-state index contributed by atoms with van der Waals surface area (Å²) in [4.78, 5) is 0. The summed E-state index contributed by atoms with van der Waals surface area (Å²) in [5.41, 5.74) is -0.0818. The van der Waals surface area contributed by atoms with Crippen molar-refractivity contribution in [1.82, 2.24) is 0 Å². The maximum atomic E-state index is 12.5. The molecule has 0 aliphatic carbocycles. The summed E-state index contributed by atoms with van der Waals surface area (Å²) in [6, 6.07) is 3.58. The largest absolute Gasteiger partial charge is 1.00 e. The van der Waals surface area contributed by atoms with Crippen molar-refractivity contribution in [1.29, 1.82) is 0 Å². The number of hydrogen-bond acceptors (Lipinski definition) is 2. The van der Waals surface area contributed by atoms with Gasteiger partial charge in [0.25, 0.3) is 0 Å². The van der Waals surface area contributed by atoms with Gasteiger partial charge < -0.3 is 22.4 Å². The number of ether oxygens (including phenoxy) is 2. The third kappa shape index (κ3) is 5.06. The molecule has 1 fully saturated rings. The smallest absolute Gasteiger partial charge is 0.491 e. The fourth-order valence-corrected chi connectivity index (χ4v) is 2.00. The van der Waals surface area contributed by atoms with E-state index in [9.17, 15) is 12.9 Å². The molecule has 2 nitrogen and oxygen atoms in total. The van der Waals surface area contributed by atoms with Gasteiger partial charge in [0.05, 0.1) is 6.10 Å². The van der Waals surface area contributed by atoms with Crippen LogP contribution >= 0.6 is 0 Å². The van der Waals surface area contributed by atoms with Crippen LogP contribution in [0.1, 0.15) is 18.4 Å². The van der Waals surface area contributed by atoms with E-state index in [1.54, 1.807) is 6.92 Å². The van der Waals surface area contributed by atoms with E-state index < -0.39 is 12.4 Å². The van der Waals surface area contributed by atoms with Gasteiger partial charge in [-0.2, -0.15) is 0 Å². The van der Waals surface area contributed by atoms with Crippen LogP contribution in [0.4, 0.5) is 12.9 Å². The Morgan fingerprint density at radius 2 is 2.11 bits per heavy atom. The monoisotopic (exact) mass is 298 g/mol. The average Bonchev–Trinajstić information content (AvgIpc) is 2.79. The van der Waals surface area contributed by atoms with Crippen molar-refractivity contribution in [3.63, 3.8) is 0 Å². The molecule has 0 amide bonds. The van der Waals surface area contributed by atoms with Crippen molar-refractivity contribution in [2.24, 2.45) is 0 Å². The zero-order chi connectivity index (χ0) is 13.2. The first-order valence-corrected chi connectivity index (χ1v) is 6.02. The Morgan fingerprint density at radius 1 is 1.37 bits per heavy atom. The summed E-state index contributed by atoms with van der Waals surface area (Å²) in [6.45, 7) is -2.18. The fraction of sp³-hybridized carbons (Fsp3) is 0.500. The van der Waals surface area contributed by atoms with Gasteiger partial charge in [-0.25, -0.2) is 0 Å². The molecule has 7 heteroatoms. The quantitative estimate of drug-likeness (QED) is 0.705. The normalized spacial score (nSPS) is 19.1. The minimum Gasteiger partial charge on any atom is -0.491 e. The summed E-state index contributed by atoms with van der Waals surface area (Å²) in [6.07, 6.45) is 2.03. The first-order chi connectivity index (χ1) is 8.47. The minimum absolute atomic E-state index is 0. The van der Waals surface area contributed by atoms with E-state index >= 15 is 0 Å². The molecule has 0 bridgehead atoms. The first-order valence-electron chi connectivity index (χ1n) is 6.02. The second kappa shape index (κ2) is 7.47. The average molecular weight is 298 g/mol. The second-order valence-electron chi connectivity index (χ2n) is 4.55. The van der Waals surface area contributed by atoms with Gasteiger partial charge >= 0.3 is 58.4 Å². The molecule has 1 aliphatic heterocycles. The molecule has 0 radical (unpaired) electrons. The van der Waals surface area contributed by atoms with Crippen LogP contribution < -0.4 is 61.6 Å². The fourth-order valence-electron chi connectivity index (χ4n) is 2.00. The molecule has 2 rings (SSSR count). The van der Waals surface area contributed by atoms with Gasteiger partial charge in [0.2, 0.25) is 0 Å². The van der Waals surface area contributed by atoms with Crippen molar-refractivity contribution >= 4 is 12.4 Å². The SMILES string of the molecule is Cc1cc([B-](F)(F)F)ccc1OCC1CCCO1.[K+]. The van der Waals surface area contributed by atoms with Crippen LogP contribution in [-0.4, -0.2) is 26.3 Å². The van der Waals surface area contributed by atoms with Gasteiger partial charge in [0.15, 0.2) is 0 Å². The van der Waals surface area contributed by atoms with Gasteiger partial charge in [-0.3, -0.25) is 0 Å². The first kappa shape index (κ1) is 17.5. The molecule has 1 aromatic carbocycles. The third-order valence-corrected chi connectivity index (χ3v) is 3.03. The summed E-state index contributed by atoms with van der Waals surface area (Å²) in [5.74, 6) is 0.495. The number of aryl methyl sites for hydroxylation is 1. The Kier molecular flexibility index (Phi) is 6.89. The van der Waals surface area contributed by atoms with Gasteiger partial charge in [0.1, 0.15) is 12.4 Å². The molecule has 1 heterocycles. The van der Waals surface area contributed by atoms with E-state index in [0.717, 1.165) is 31.6 Å². The molecule has 0 saturated carbocycles. The van der Waals surface area contributed by atoms with Crippen molar-refractivity contribution < 1.29 is 73.8 Å². The number of hydrogen-bond donors (Lipinski definition) is 0. The second-order valence-corrected chi connectivity index (χ2v) is 4.55. The minimum atomic E-state index is -4.94. The van der Waals surface area contributed by atoms with Crippen molar-refractivity contribution in [3.8, 4) is 5.75 Å². The third-order valence-electron chi connectivity index (χ3n) is 3.03. The Hall–Kier alpha value is 0.471. The summed E-state index contributed by atoms with van der Waals surface area (Å²) in [7, 11) is 0. The Balaban J connectivity index is 0.00000180. The predicted octanol–water partition coefficient (Wildman–Crippen LogP) is -0.389. The summed E-state index contributed by atoms with van der Waals surface area (Å²) < 4.78 is 48.5. The van der Waals surface area contributed by atoms with Crippen LogP contribution in [-0.2, 0) is 4.74 Å². The zero-order valence-corrected chi connectivity index (χ0v) is 14.3.